The van der Waals surface area contributed by atoms with Gasteiger partial charge < -0.3 is 14.4 Å². The molecule has 0 saturated carbocycles. The van der Waals surface area contributed by atoms with Crippen molar-refractivity contribution in [2.45, 2.75) is 19.4 Å². The average Bonchev–Trinajstić information content (AvgIpc) is 2.65. The molecule has 0 spiro atoms. The van der Waals surface area contributed by atoms with Crippen LogP contribution in [0.2, 0.25) is 0 Å². The van der Waals surface area contributed by atoms with Crippen LogP contribution in [0.3, 0.4) is 0 Å². The smallest absolute Gasteiger partial charge is 0.306 e. The SMILES string of the molecule is COc1ccccc1CN(C)C(=O)COC(=O)CCc1ccccc1F. The van der Waals surface area contributed by atoms with E-state index in [1.54, 1.807) is 32.4 Å². The molecule has 0 saturated heterocycles. The number of aryl methyl sites for hydroxylation is 1. The van der Waals surface area contributed by atoms with Crippen LogP contribution in [0.25, 0.3) is 0 Å². The van der Waals surface area contributed by atoms with Crippen LogP contribution in [0.4, 0.5) is 4.39 Å². The van der Waals surface area contributed by atoms with E-state index in [0.717, 1.165) is 5.56 Å². The number of hydrogen-bond acceptors (Lipinski definition) is 4. The van der Waals surface area contributed by atoms with Gasteiger partial charge in [-0.2, -0.15) is 0 Å². The van der Waals surface area contributed by atoms with Crippen molar-refractivity contribution in [1.82, 2.24) is 4.90 Å². The van der Waals surface area contributed by atoms with Crippen LogP contribution in [-0.4, -0.2) is 37.5 Å². The van der Waals surface area contributed by atoms with Crippen molar-refractivity contribution in [1.29, 1.82) is 0 Å². The summed E-state index contributed by atoms with van der Waals surface area (Å²) < 4.78 is 23.8. The first kappa shape index (κ1) is 19.4. The molecule has 26 heavy (non-hydrogen) atoms. The molecule has 6 heteroatoms. The number of benzene rings is 2. The Labute approximate surface area is 152 Å². The predicted octanol–water partition coefficient (Wildman–Crippen LogP) is 2.97. The van der Waals surface area contributed by atoms with Crippen molar-refractivity contribution in [2.24, 2.45) is 0 Å². The normalized spacial score (nSPS) is 10.3. The van der Waals surface area contributed by atoms with Crippen molar-refractivity contribution in [2.75, 3.05) is 20.8 Å². The molecular weight excluding hydrogens is 337 g/mol. The van der Waals surface area contributed by atoms with Crippen molar-refractivity contribution in [3.8, 4) is 5.75 Å². The highest BCUT2D eigenvalue weighted by Crippen LogP contribution is 2.18. The van der Waals surface area contributed by atoms with Gasteiger partial charge in [0.15, 0.2) is 6.61 Å². The third kappa shape index (κ3) is 5.58. The van der Waals surface area contributed by atoms with Gasteiger partial charge in [-0.05, 0) is 24.1 Å². The van der Waals surface area contributed by atoms with Crippen LogP contribution in [0.15, 0.2) is 48.5 Å². The maximum absolute atomic E-state index is 13.5. The van der Waals surface area contributed by atoms with E-state index in [1.807, 2.05) is 24.3 Å². The number of nitrogens with zero attached hydrogens (tertiary/aromatic N) is 1. The topological polar surface area (TPSA) is 55.8 Å². The number of likely N-dealkylation sites (N-methyl/N-ethyl adjacent to an activating group) is 1. The molecule has 0 aliphatic rings. The summed E-state index contributed by atoms with van der Waals surface area (Å²) in [7, 11) is 3.19. The number of amides is 1. The predicted molar refractivity (Wildman–Crippen MR) is 95.1 cm³/mol. The third-order valence-electron chi connectivity index (χ3n) is 3.94. The number of carbonyl (C=O) groups excluding carboxylic acids is 2. The van der Waals surface area contributed by atoms with Gasteiger partial charge in [-0.3, -0.25) is 9.59 Å². The maximum Gasteiger partial charge on any atom is 0.306 e. The van der Waals surface area contributed by atoms with Gasteiger partial charge in [0.05, 0.1) is 7.11 Å². The number of methoxy groups -OCH3 is 1. The van der Waals surface area contributed by atoms with E-state index < -0.39 is 5.97 Å². The Balaban J connectivity index is 1.78. The number of para-hydroxylation sites is 1. The van der Waals surface area contributed by atoms with E-state index in [4.69, 9.17) is 9.47 Å². The molecule has 5 nitrogen and oxygen atoms in total. The Morgan fingerprint density at radius 1 is 1.04 bits per heavy atom. The molecular formula is C20H22FNO4. The Hall–Kier alpha value is -2.89. The standard InChI is InChI=1S/C20H22FNO4/c1-22(13-16-8-4-6-10-18(16)25-2)19(23)14-26-20(24)12-11-15-7-3-5-9-17(15)21/h3-10H,11-14H2,1-2H3. The highest BCUT2D eigenvalue weighted by atomic mass is 19.1. The molecule has 0 unspecified atom stereocenters. The second kappa shape index (κ2) is 9.56. The van der Waals surface area contributed by atoms with Gasteiger partial charge >= 0.3 is 5.97 Å². The molecule has 0 aromatic heterocycles. The molecule has 0 radical (unpaired) electrons. The second-order valence-electron chi connectivity index (χ2n) is 5.81. The summed E-state index contributed by atoms with van der Waals surface area (Å²) in [6.07, 6.45) is 0.251. The highest BCUT2D eigenvalue weighted by molar-refractivity contribution is 5.80. The fourth-order valence-corrected chi connectivity index (χ4v) is 2.44. The summed E-state index contributed by atoms with van der Waals surface area (Å²) in [6.45, 7) is -0.00260. The van der Waals surface area contributed by atoms with Gasteiger partial charge in [0.25, 0.3) is 5.91 Å². The first-order chi connectivity index (χ1) is 12.5. The molecule has 0 bridgehead atoms. The van der Waals surface area contributed by atoms with Gasteiger partial charge in [0, 0.05) is 25.6 Å². The largest absolute Gasteiger partial charge is 0.496 e. The molecule has 138 valence electrons. The molecule has 2 aromatic rings. The molecule has 0 atom stereocenters. The molecule has 0 heterocycles. The zero-order chi connectivity index (χ0) is 18.9. The van der Waals surface area contributed by atoms with Gasteiger partial charge in [-0.25, -0.2) is 4.39 Å². The fraction of sp³-hybridized carbons (Fsp3) is 0.300. The van der Waals surface area contributed by atoms with E-state index in [0.29, 0.717) is 17.9 Å². The summed E-state index contributed by atoms with van der Waals surface area (Å²) >= 11 is 0. The van der Waals surface area contributed by atoms with Crippen LogP contribution in [0.5, 0.6) is 5.75 Å². The number of carbonyl (C=O) groups is 2. The maximum atomic E-state index is 13.5. The van der Waals surface area contributed by atoms with Crippen molar-refractivity contribution < 1.29 is 23.5 Å². The van der Waals surface area contributed by atoms with Crippen LogP contribution < -0.4 is 4.74 Å². The molecule has 0 aliphatic carbocycles. The first-order valence-corrected chi connectivity index (χ1v) is 8.26. The minimum Gasteiger partial charge on any atom is -0.496 e. The number of ether oxygens (including phenoxy) is 2. The minimum atomic E-state index is -0.535. The van der Waals surface area contributed by atoms with E-state index in [2.05, 4.69) is 0 Å². The van der Waals surface area contributed by atoms with Crippen molar-refractivity contribution in [3.05, 3.63) is 65.5 Å². The summed E-state index contributed by atoms with van der Waals surface area (Å²) in [5.41, 5.74) is 1.31. The quantitative estimate of drug-likeness (QED) is 0.680. The summed E-state index contributed by atoms with van der Waals surface area (Å²) in [4.78, 5) is 25.4. The van der Waals surface area contributed by atoms with Gasteiger partial charge in [-0.1, -0.05) is 36.4 Å². The summed E-state index contributed by atoms with van der Waals surface area (Å²) in [5, 5.41) is 0. The lowest BCUT2D eigenvalue weighted by molar-refractivity contribution is -0.151. The van der Waals surface area contributed by atoms with E-state index in [1.165, 1.54) is 11.0 Å². The molecule has 2 rings (SSSR count). The lowest BCUT2D eigenvalue weighted by atomic mass is 10.1. The molecule has 0 fully saturated rings. The van der Waals surface area contributed by atoms with Gasteiger partial charge in [-0.15, -0.1) is 0 Å². The molecule has 0 aliphatic heterocycles. The highest BCUT2D eigenvalue weighted by Gasteiger charge is 2.14. The van der Waals surface area contributed by atoms with Crippen molar-refractivity contribution >= 4 is 11.9 Å². The Morgan fingerprint density at radius 3 is 2.38 bits per heavy atom. The van der Waals surface area contributed by atoms with E-state index in [-0.39, 0.29) is 31.2 Å². The number of hydrogen-bond donors (Lipinski definition) is 0. The Kier molecular flexibility index (Phi) is 7.14. The monoisotopic (exact) mass is 359 g/mol. The third-order valence-corrected chi connectivity index (χ3v) is 3.94. The zero-order valence-corrected chi connectivity index (χ0v) is 14.9. The van der Waals surface area contributed by atoms with Crippen LogP contribution in [-0.2, 0) is 27.3 Å². The Bertz CT molecular complexity index is 763. The lowest BCUT2D eigenvalue weighted by Crippen LogP contribution is -2.31. The minimum absolute atomic E-state index is 0.0183. The lowest BCUT2D eigenvalue weighted by Gasteiger charge is -2.18. The van der Waals surface area contributed by atoms with Crippen LogP contribution in [0, 0.1) is 5.82 Å². The van der Waals surface area contributed by atoms with Crippen molar-refractivity contribution in [3.63, 3.8) is 0 Å². The molecule has 1 amide bonds. The van der Waals surface area contributed by atoms with E-state index in [9.17, 15) is 14.0 Å². The van der Waals surface area contributed by atoms with Crippen LogP contribution >= 0.6 is 0 Å². The van der Waals surface area contributed by atoms with Crippen LogP contribution in [0.1, 0.15) is 17.5 Å². The number of esters is 1. The molecule has 2 aromatic carbocycles. The number of rotatable bonds is 8. The van der Waals surface area contributed by atoms with Gasteiger partial charge in [0.1, 0.15) is 11.6 Å². The van der Waals surface area contributed by atoms with Gasteiger partial charge in [0.2, 0.25) is 0 Å². The average molecular weight is 359 g/mol. The summed E-state index contributed by atoms with van der Waals surface area (Å²) in [5.74, 6) is -0.524. The number of halogens is 1. The van der Waals surface area contributed by atoms with E-state index >= 15 is 0 Å². The first-order valence-electron chi connectivity index (χ1n) is 8.26. The fourth-order valence-electron chi connectivity index (χ4n) is 2.44. The summed E-state index contributed by atoms with van der Waals surface area (Å²) in [6, 6.07) is 13.7. The zero-order valence-electron chi connectivity index (χ0n) is 14.9. The Morgan fingerprint density at radius 2 is 1.69 bits per heavy atom. The second-order valence-corrected chi connectivity index (χ2v) is 5.81. The molecule has 0 N–H and O–H groups in total.